The number of likely N-dealkylation sites (N-methyl/N-ethyl adjacent to an activating group) is 1. The predicted octanol–water partition coefficient (Wildman–Crippen LogP) is 1.28. The Balaban J connectivity index is 1.67. The molecule has 2 saturated heterocycles. The molecule has 3 heterocycles. The third-order valence-electron chi connectivity index (χ3n) is 5.93. The number of nitrogens with zero attached hydrogens (tertiary/aromatic N) is 3. The van der Waals surface area contributed by atoms with Crippen molar-refractivity contribution in [1.29, 1.82) is 0 Å². The molecule has 0 bridgehead atoms. The third kappa shape index (κ3) is 1.62. The molecule has 110 valence electrons. The summed E-state index contributed by atoms with van der Waals surface area (Å²) in [5, 5.41) is 9.26. The van der Waals surface area contributed by atoms with Crippen LogP contribution in [0.25, 0.3) is 0 Å². The summed E-state index contributed by atoms with van der Waals surface area (Å²) in [4.78, 5) is 18.0. The van der Waals surface area contributed by atoms with E-state index in [1.165, 1.54) is 25.0 Å². The summed E-state index contributed by atoms with van der Waals surface area (Å²) < 4.78 is 0. The lowest BCUT2D eigenvalue weighted by molar-refractivity contribution is 0.0257. The normalized spacial score (nSPS) is 40.1. The molecule has 0 spiro atoms. The van der Waals surface area contributed by atoms with Gasteiger partial charge in [0.1, 0.15) is 0 Å². The highest BCUT2D eigenvalue weighted by Gasteiger charge is 2.53. The van der Waals surface area contributed by atoms with Crippen LogP contribution in [0.5, 0.6) is 0 Å². The van der Waals surface area contributed by atoms with Crippen LogP contribution in [0.1, 0.15) is 19.3 Å². The van der Waals surface area contributed by atoms with Gasteiger partial charge in [-0.15, -0.1) is 0 Å². The summed E-state index contributed by atoms with van der Waals surface area (Å²) in [7, 11) is 2.25. The highest BCUT2D eigenvalue weighted by atomic mass is 16.4. The second kappa shape index (κ2) is 4.38. The van der Waals surface area contributed by atoms with Gasteiger partial charge in [0.2, 0.25) is 0 Å². The van der Waals surface area contributed by atoms with Crippen LogP contribution in [0.2, 0.25) is 0 Å². The third-order valence-corrected chi connectivity index (χ3v) is 5.93. The lowest BCUT2D eigenvalue weighted by Crippen LogP contribution is -2.58. The minimum absolute atomic E-state index is 0.444. The molecule has 4 unspecified atom stereocenters. The van der Waals surface area contributed by atoms with E-state index in [1.807, 2.05) is 0 Å². The van der Waals surface area contributed by atoms with Gasteiger partial charge < -0.3 is 14.9 Å². The van der Waals surface area contributed by atoms with Crippen LogP contribution >= 0.6 is 0 Å². The summed E-state index contributed by atoms with van der Waals surface area (Å²) in [6.07, 6.45) is 5.27. The summed E-state index contributed by atoms with van der Waals surface area (Å²) in [5.74, 6) is 1.10. The molecule has 1 N–H and O–H groups in total. The van der Waals surface area contributed by atoms with Crippen LogP contribution < -0.4 is 0 Å². The zero-order valence-electron chi connectivity index (χ0n) is 12.0. The second-order valence-electron chi connectivity index (χ2n) is 6.75. The van der Waals surface area contributed by atoms with E-state index in [4.69, 9.17) is 0 Å². The van der Waals surface area contributed by atoms with Gasteiger partial charge in [0.05, 0.1) is 0 Å². The molecule has 4 atom stereocenters. The minimum Gasteiger partial charge on any atom is -0.465 e. The fourth-order valence-corrected chi connectivity index (χ4v) is 5.03. The quantitative estimate of drug-likeness (QED) is 0.724. The van der Waals surface area contributed by atoms with E-state index in [0.717, 1.165) is 13.1 Å². The molecule has 0 aromatic carbocycles. The van der Waals surface area contributed by atoms with Crippen LogP contribution in [0.4, 0.5) is 4.79 Å². The molecule has 4 rings (SSSR count). The number of carboxylic acid groups (broad SMARTS) is 1. The van der Waals surface area contributed by atoms with Gasteiger partial charge in [0.25, 0.3) is 0 Å². The standard InChI is InChI=1S/C15H23N3O2/c1-16-7-8-18-12-5-6-17(15(19)20)9-11(12)10-3-2-4-13(16)14(10)18/h5,10-11,13-14H,2-4,6-9H2,1H3,(H,19,20). The molecule has 3 aliphatic heterocycles. The van der Waals surface area contributed by atoms with E-state index in [-0.39, 0.29) is 0 Å². The number of hydrogen-bond acceptors (Lipinski definition) is 3. The Bertz CT molecular complexity index is 464. The molecule has 5 nitrogen and oxygen atoms in total. The number of carbonyl (C=O) groups is 1. The smallest absolute Gasteiger partial charge is 0.407 e. The SMILES string of the molecule is CN1CCN2C3=CCN(C(=O)O)CC3C3CCCC1C32. The van der Waals surface area contributed by atoms with Crippen LogP contribution in [0, 0.1) is 11.8 Å². The van der Waals surface area contributed by atoms with Gasteiger partial charge in [-0.2, -0.15) is 0 Å². The number of amides is 1. The number of hydrogen-bond donors (Lipinski definition) is 1. The maximum atomic E-state index is 11.3. The van der Waals surface area contributed by atoms with E-state index in [2.05, 4.69) is 22.9 Å². The first-order valence-corrected chi connectivity index (χ1v) is 7.81. The van der Waals surface area contributed by atoms with Gasteiger partial charge in [-0.25, -0.2) is 4.79 Å². The first kappa shape index (κ1) is 12.5. The first-order valence-electron chi connectivity index (χ1n) is 7.81. The van der Waals surface area contributed by atoms with Gasteiger partial charge in [0, 0.05) is 49.9 Å². The van der Waals surface area contributed by atoms with Crippen molar-refractivity contribution < 1.29 is 9.90 Å². The summed E-state index contributed by atoms with van der Waals surface area (Å²) >= 11 is 0. The van der Waals surface area contributed by atoms with Crippen LogP contribution in [0.3, 0.4) is 0 Å². The van der Waals surface area contributed by atoms with Crippen LogP contribution in [0.15, 0.2) is 11.8 Å². The summed E-state index contributed by atoms with van der Waals surface area (Å²) in [5.41, 5.74) is 1.46. The van der Waals surface area contributed by atoms with Gasteiger partial charge in [-0.3, -0.25) is 4.90 Å². The Kier molecular flexibility index (Phi) is 2.74. The molecule has 1 amide bonds. The van der Waals surface area contributed by atoms with E-state index >= 15 is 0 Å². The fraction of sp³-hybridized carbons (Fsp3) is 0.800. The summed E-state index contributed by atoms with van der Waals surface area (Å²) in [6, 6.07) is 1.31. The highest BCUT2D eigenvalue weighted by molar-refractivity contribution is 5.65. The number of piperazine rings is 1. The lowest BCUT2D eigenvalue weighted by Gasteiger charge is -2.48. The van der Waals surface area contributed by atoms with Crippen molar-refractivity contribution in [3.63, 3.8) is 0 Å². The van der Waals surface area contributed by atoms with Crippen LogP contribution in [-0.4, -0.2) is 71.2 Å². The summed E-state index contributed by atoms with van der Waals surface area (Å²) in [6.45, 7) is 3.52. The van der Waals surface area contributed by atoms with Crippen molar-refractivity contribution >= 4 is 6.09 Å². The minimum atomic E-state index is -0.769. The maximum Gasteiger partial charge on any atom is 0.407 e. The van der Waals surface area contributed by atoms with Crippen molar-refractivity contribution in [1.82, 2.24) is 14.7 Å². The first-order chi connectivity index (χ1) is 9.66. The molecule has 20 heavy (non-hydrogen) atoms. The molecule has 1 saturated carbocycles. The van der Waals surface area contributed by atoms with Crippen molar-refractivity contribution in [3.8, 4) is 0 Å². The topological polar surface area (TPSA) is 47.0 Å². The Morgan fingerprint density at radius 3 is 3.00 bits per heavy atom. The zero-order chi connectivity index (χ0) is 13.9. The predicted molar refractivity (Wildman–Crippen MR) is 75.4 cm³/mol. The second-order valence-corrected chi connectivity index (χ2v) is 6.75. The number of fused-ring (bicyclic) bond motifs is 3. The molecular weight excluding hydrogens is 254 g/mol. The highest BCUT2D eigenvalue weighted by Crippen LogP contribution is 2.49. The van der Waals surface area contributed by atoms with E-state index in [1.54, 1.807) is 4.90 Å². The van der Waals surface area contributed by atoms with Crippen molar-refractivity contribution in [3.05, 3.63) is 11.8 Å². The van der Waals surface area contributed by atoms with E-state index < -0.39 is 6.09 Å². The molecule has 0 radical (unpaired) electrons. The van der Waals surface area contributed by atoms with Gasteiger partial charge >= 0.3 is 6.09 Å². The average Bonchev–Trinajstić information content (AvgIpc) is 2.78. The Hall–Kier alpha value is -1.23. The van der Waals surface area contributed by atoms with Gasteiger partial charge in [0.15, 0.2) is 0 Å². The molecular formula is C15H23N3O2. The van der Waals surface area contributed by atoms with Crippen LogP contribution in [-0.2, 0) is 0 Å². The Morgan fingerprint density at radius 2 is 2.20 bits per heavy atom. The fourth-order valence-electron chi connectivity index (χ4n) is 5.03. The van der Waals surface area contributed by atoms with Gasteiger partial charge in [-0.1, -0.05) is 6.42 Å². The molecule has 5 heteroatoms. The Labute approximate surface area is 119 Å². The monoisotopic (exact) mass is 277 g/mol. The van der Waals surface area contributed by atoms with E-state index in [0.29, 0.717) is 37.0 Å². The molecule has 4 aliphatic rings. The molecule has 0 aromatic heterocycles. The lowest BCUT2D eigenvalue weighted by atomic mass is 9.75. The van der Waals surface area contributed by atoms with Crippen molar-refractivity contribution in [2.24, 2.45) is 11.8 Å². The Morgan fingerprint density at radius 1 is 1.35 bits per heavy atom. The largest absolute Gasteiger partial charge is 0.465 e. The maximum absolute atomic E-state index is 11.3. The molecule has 3 fully saturated rings. The number of rotatable bonds is 0. The zero-order valence-corrected chi connectivity index (χ0v) is 12.0. The van der Waals surface area contributed by atoms with Crippen molar-refractivity contribution in [2.45, 2.75) is 31.3 Å². The van der Waals surface area contributed by atoms with Crippen molar-refractivity contribution in [2.75, 3.05) is 33.2 Å². The molecule has 0 aromatic rings. The average molecular weight is 277 g/mol. The molecule has 1 aliphatic carbocycles. The van der Waals surface area contributed by atoms with E-state index in [9.17, 15) is 9.90 Å². The van der Waals surface area contributed by atoms with Gasteiger partial charge in [-0.05, 0) is 31.9 Å².